The van der Waals surface area contributed by atoms with Gasteiger partial charge in [-0.3, -0.25) is 9.69 Å². The molecule has 21 heavy (non-hydrogen) atoms. The van der Waals surface area contributed by atoms with Crippen LogP contribution >= 0.6 is 0 Å². The van der Waals surface area contributed by atoms with Crippen LogP contribution < -0.4 is 9.80 Å². The van der Waals surface area contributed by atoms with E-state index >= 15 is 0 Å². The second-order valence-electron chi connectivity index (χ2n) is 5.25. The molecule has 0 radical (unpaired) electrons. The van der Waals surface area contributed by atoms with Gasteiger partial charge >= 0.3 is 6.09 Å². The molecule has 0 unspecified atom stereocenters. The number of nitrogens with zero attached hydrogens (tertiary/aromatic N) is 2. The van der Waals surface area contributed by atoms with Crippen molar-refractivity contribution in [3.8, 4) is 0 Å². The molecule has 0 bridgehead atoms. The number of anilines is 2. The molecule has 1 saturated heterocycles. The molecule has 2 aliphatic heterocycles. The summed E-state index contributed by atoms with van der Waals surface area (Å²) in [7, 11) is 0. The van der Waals surface area contributed by atoms with Gasteiger partial charge in [-0.05, 0) is 37.1 Å². The van der Waals surface area contributed by atoms with E-state index in [-0.39, 0.29) is 12.5 Å². The van der Waals surface area contributed by atoms with Crippen LogP contribution in [0.5, 0.6) is 0 Å². The van der Waals surface area contributed by atoms with Crippen molar-refractivity contribution in [1.29, 1.82) is 0 Å². The maximum absolute atomic E-state index is 11.9. The third kappa shape index (κ3) is 2.35. The van der Waals surface area contributed by atoms with Gasteiger partial charge in [0.1, 0.15) is 6.10 Å². The predicted molar refractivity (Wildman–Crippen MR) is 77.5 cm³/mol. The first-order valence-electron chi connectivity index (χ1n) is 7.16. The van der Waals surface area contributed by atoms with Crippen LogP contribution in [0, 0.1) is 0 Å². The molecule has 0 aliphatic carbocycles. The molecule has 0 aromatic heterocycles. The molecule has 1 N–H and O–H groups in total. The first-order valence-corrected chi connectivity index (χ1v) is 7.16. The van der Waals surface area contributed by atoms with Crippen molar-refractivity contribution in [1.82, 2.24) is 0 Å². The van der Waals surface area contributed by atoms with Crippen molar-refractivity contribution in [2.75, 3.05) is 29.5 Å². The Morgan fingerprint density at radius 3 is 2.81 bits per heavy atom. The topological polar surface area (TPSA) is 70.1 Å². The van der Waals surface area contributed by atoms with Crippen molar-refractivity contribution >= 4 is 23.4 Å². The van der Waals surface area contributed by atoms with E-state index in [9.17, 15) is 9.59 Å². The van der Waals surface area contributed by atoms with E-state index in [4.69, 9.17) is 9.84 Å². The smallest absolute Gasteiger partial charge is 0.414 e. The Morgan fingerprint density at radius 2 is 2.14 bits per heavy atom. The Hall–Kier alpha value is -2.08. The fraction of sp³-hybridized carbons (Fsp3) is 0.467. The molecule has 6 nitrogen and oxygen atoms in total. The fourth-order valence-electron chi connectivity index (χ4n) is 2.89. The number of hydrogen-bond acceptors (Lipinski definition) is 4. The van der Waals surface area contributed by atoms with Gasteiger partial charge < -0.3 is 14.7 Å². The van der Waals surface area contributed by atoms with Crippen LogP contribution in [0.2, 0.25) is 0 Å². The zero-order valence-electron chi connectivity index (χ0n) is 11.9. The number of aliphatic hydroxyl groups excluding tert-OH is 1. The summed E-state index contributed by atoms with van der Waals surface area (Å²) in [6.45, 7) is 2.77. The van der Waals surface area contributed by atoms with Gasteiger partial charge in [0.2, 0.25) is 5.91 Å². The SMILES string of the molecule is CCN1C(=O)CCc2cc(N3C[C@H](CO)OC3=O)ccc21. The Bertz CT molecular complexity index is 587. The minimum absolute atomic E-state index is 0.138. The summed E-state index contributed by atoms with van der Waals surface area (Å²) in [5.41, 5.74) is 2.73. The largest absolute Gasteiger partial charge is 0.441 e. The summed E-state index contributed by atoms with van der Waals surface area (Å²) >= 11 is 0. The van der Waals surface area contributed by atoms with Crippen molar-refractivity contribution in [3.63, 3.8) is 0 Å². The van der Waals surface area contributed by atoms with E-state index in [1.165, 1.54) is 4.90 Å². The molecule has 0 saturated carbocycles. The molecule has 2 amide bonds. The average Bonchev–Trinajstić information content (AvgIpc) is 2.88. The normalized spacial score (nSPS) is 21.5. The van der Waals surface area contributed by atoms with E-state index < -0.39 is 12.2 Å². The lowest BCUT2D eigenvalue weighted by atomic mass is 10.00. The summed E-state index contributed by atoms with van der Waals surface area (Å²) in [5.74, 6) is 0.138. The molecule has 0 spiro atoms. The lowest BCUT2D eigenvalue weighted by Crippen LogP contribution is -2.35. The van der Waals surface area contributed by atoms with Gasteiger partial charge in [0, 0.05) is 24.3 Å². The second-order valence-corrected chi connectivity index (χ2v) is 5.25. The maximum atomic E-state index is 11.9. The highest BCUT2D eigenvalue weighted by Gasteiger charge is 2.32. The summed E-state index contributed by atoms with van der Waals surface area (Å²) < 4.78 is 5.05. The standard InChI is InChI=1S/C15H18N2O4/c1-2-16-13-5-4-11(7-10(13)3-6-14(16)19)17-8-12(9-18)21-15(17)20/h4-5,7,12,18H,2-3,6,8-9H2,1H3/t12-/m1/s1. The Kier molecular flexibility index (Phi) is 3.55. The van der Waals surface area contributed by atoms with E-state index in [0.717, 1.165) is 16.9 Å². The Labute approximate surface area is 122 Å². The Morgan fingerprint density at radius 1 is 1.33 bits per heavy atom. The summed E-state index contributed by atoms with van der Waals surface area (Å²) in [6.07, 6.45) is 0.272. The number of benzene rings is 1. The number of ether oxygens (including phenoxy) is 1. The van der Waals surface area contributed by atoms with Gasteiger partial charge in [-0.15, -0.1) is 0 Å². The van der Waals surface area contributed by atoms with Crippen LogP contribution in [0.15, 0.2) is 18.2 Å². The van der Waals surface area contributed by atoms with Crippen molar-refractivity contribution in [2.24, 2.45) is 0 Å². The first-order chi connectivity index (χ1) is 10.1. The summed E-state index contributed by atoms with van der Waals surface area (Å²) in [4.78, 5) is 27.0. The fourth-order valence-corrected chi connectivity index (χ4v) is 2.89. The van der Waals surface area contributed by atoms with Crippen LogP contribution in [0.25, 0.3) is 0 Å². The molecule has 3 rings (SSSR count). The predicted octanol–water partition coefficient (Wildman–Crippen LogP) is 1.30. The van der Waals surface area contributed by atoms with Gasteiger partial charge in [-0.25, -0.2) is 4.79 Å². The van der Waals surface area contributed by atoms with Crippen molar-refractivity contribution in [3.05, 3.63) is 23.8 Å². The number of carbonyl (C=O) groups excluding carboxylic acids is 2. The highest BCUT2D eigenvalue weighted by atomic mass is 16.6. The van der Waals surface area contributed by atoms with Crippen LogP contribution in [0.4, 0.5) is 16.2 Å². The Balaban J connectivity index is 1.90. The van der Waals surface area contributed by atoms with Crippen LogP contribution in [0.1, 0.15) is 18.9 Å². The summed E-state index contributed by atoms with van der Waals surface area (Å²) in [6, 6.07) is 5.64. The van der Waals surface area contributed by atoms with Crippen LogP contribution in [0.3, 0.4) is 0 Å². The van der Waals surface area contributed by atoms with Crippen LogP contribution in [-0.2, 0) is 16.0 Å². The minimum atomic E-state index is -0.470. The number of amides is 2. The van der Waals surface area contributed by atoms with Gasteiger partial charge in [-0.1, -0.05) is 0 Å². The molecule has 1 fully saturated rings. The number of carbonyl (C=O) groups is 2. The zero-order valence-corrected chi connectivity index (χ0v) is 11.9. The molecular weight excluding hydrogens is 272 g/mol. The van der Waals surface area contributed by atoms with E-state index in [0.29, 0.717) is 25.9 Å². The summed E-state index contributed by atoms with van der Waals surface area (Å²) in [5, 5.41) is 9.09. The van der Waals surface area contributed by atoms with Crippen molar-refractivity contribution in [2.45, 2.75) is 25.9 Å². The third-order valence-corrected chi connectivity index (χ3v) is 3.97. The number of aliphatic hydroxyl groups is 1. The minimum Gasteiger partial charge on any atom is -0.441 e. The lowest BCUT2D eigenvalue weighted by Gasteiger charge is -2.29. The number of rotatable bonds is 3. The highest BCUT2D eigenvalue weighted by Crippen LogP contribution is 2.32. The molecule has 6 heteroatoms. The maximum Gasteiger partial charge on any atom is 0.414 e. The lowest BCUT2D eigenvalue weighted by molar-refractivity contribution is -0.118. The quantitative estimate of drug-likeness (QED) is 0.911. The van der Waals surface area contributed by atoms with E-state index in [1.54, 1.807) is 4.90 Å². The monoisotopic (exact) mass is 290 g/mol. The van der Waals surface area contributed by atoms with Gasteiger partial charge in [-0.2, -0.15) is 0 Å². The van der Waals surface area contributed by atoms with Gasteiger partial charge in [0.15, 0.2) is 0 Å². The molecule has 1 atom stereocenters. The molecular formula is C15H18N2O4. The number of fused-ring (bicyclic) bond motifs is 1. The molecule has 112 valence electrons. The van der Waals surface area contributed by atoms with E-state index in [2.05, 4.69) is 0 Å². The van der Waals surface area contributed by atoms with Gasteiger partial charge in [0.05, 0.1) is 13.2 Å². The van der Waals surface area contributed by atoms with Gasteiger partial charge in [0.25, 0.3) is 0 Å². The molecule has 2 aliphatic rings. The molecule has 1 aromatic rings. The number of hydrogen-bond donors (Lipinski definition) is 1. The molecule has 2 heterocycles. The molecule has 1 aromatic carbocycles. The van der Waals surface area contributed by atoms with E-state index in [1.807, 2.05) is 25.1 Å². The number of cyclic esters (lactones) is 1. The third-order valence-electron chi connectivity index (χ3n) is 3.97. The van der Waals surface area contributed by atoms with Crippen LogP contribution in [-0.4, -0.2) is 42.9 Å². The zero-order chi connectivity index (χ0) is 15.0. The highest BCUT2D eigenvalue weighted by molar-refractivity contribution is 5.97. The average molecular weight is 290 g/mol. The second kappa shape index (κ2) is 5.37. The number of aryl methyl sites for hydroxylation is 1. The first kappa shape index (κ1) is 13.9. The van der Waals surface area contributed by atoms with Crippen molar-refractivity contribution < 1.29 is 19.4 Å².